The first-order valence-corrected chi connectivity index (χ1v) is 18.5. The molecule has 1 unspecified atom stereocenters. The first kappa shape index (κ1) is 23.9. The van der Waals surface area contributed by atoms with Gasteiger partial charge in [0.05, 0.1) is 15.0 Å². The van der Waals surface area contributed by atoms with Gasteiger partial charge in [-0.15, -0.1) is 11.3 Å². The molecular weight excluding hydrogens is 659 g/mol. The van der Waals surface area contributed by atoms with Crippen LogP contribution < -0.4 is 4.90 Å². The molecule has 1 aliphatic carbocycles. The fourth-order valence-corrected chi connectivity index (χ4v) is 9.49. The summed E-state index contributed by atoms with van der Waals surface area (Å²) in [5.74, 6) is 0. The van der Waals surface area contributed by atoms with Crippen molar-refractivity contribution in [2.75, 3.05) is 4.90 Å². The Bertz CT molecular complexity index is 3430. The van der Waals surface area contributed by atoms with E-state index in [0.29, 0.717) is 0 Å². The van der Waals surface area contributed by atoms with Gasteiger partial charge in [-0.25, -0.2) is 0 Å². The average Bonchev–Trinajstić information content (AvgIpc) is 3.80. The number of para-hydroxylation sites is 1. The number of anilines is 3. The smallest absolute Gasteiger partial charge is 0.0714 e. The zero-order valence-corrected chi connectivity index (χ0v) is 29.2. The van der Waals surface area contributed by atoms with Crippen molar-refractivity contribution >= 4 is 70.1 Å². The molecule has 11 rings (SSSR count). The maximum Gasteiger partial charge on any atom is 0.0714 e. The molecule has 0 N–H and O–H groups in total. The minimum absolute atomic E-state index is 0.0625. The average molecular weight is 699 g/mol. The summed E-state index contributed by atoms with van der Waals surface area (Å²) >= 11 is 1.70. The monoisotopic (exact) mass is 698 g/mol. The molecule has 0 saturated heterocycles. The summed E-state index contributed by atoms with van der Waals surface area (Å²) in [6.45, 7) is 0. The Kier molecular flexibility index (Phi) is 5.31. The summed E-state index contributed by atoms with van der Waals surface area (Å²) < 4.78 is 66.4. The third-order valence-electron chi connectivity index (χ3n) is 10.7. The highest BCUT2D eigenvalue weighted by Crippen LogP contribution is 2.58. The van der Waals surface area contributed by atoms with Gasteiger partial charge in [-0.2, -0.15) is 0 Å². The molecule has 10 aromatic rings. The number of nitrogens with zero attached hydrogens (tertiary/aromatic N) is 1. The van der Waals surface area contributed by atoms with Crippen molar-refractivity contribution in [3.05, 3.63) is 222 Å². The van der Waals surface area contributed by atoms with Crippen LogP contribution in [0.25, 0.3) is 52.8 Å². The molecule has 53 heavy (non-hydrogen) atoms. The van der Waals surface area contributed by atoms with Gasteiger partial charge in [0, 0.05) is 37.2 Å². The van der Waals surface area contributed by atoms with Crippen LogP contribution in [0.4, 0.5) is 17.1 Å². The van der Waals surface area contributed by atoms with Crippen molar-refractivity contribution in [2.45, 2.75) is 5.41 Å². The van der Waals surface area contributed by atoms with Crippen LogP contribution in [0.5, 0.6) is 0 Å². The van der Waals surface area contributed by atoms with Crippen LogP contribution in [-0.2, 0) is 5.41 Å². The Hall–Kier alpha value is -6.48. The van der Waals surface area contributed by atoms with Gasteiger partial charge in [0.2, 0.25) is 0 Å². The zero-order valence-electron chi connectivity index (χ0n) is 35.4. The van der Waals surface area contributed by atoms with E-state index in [2.05, 4.69) is 102 Å². The molecule has 1 heterocycles. The molecule has 1 atom stereocenters. The molecule has 9 aromatic carbocycles. The van der Waals surface area contributed by atoms with Crippen molar-refractivity contribution in [1.29, 1.82) is 0 Å². The summed E-state index contributed by atoms with van der Waals surface area (Å²) in [6.07, 6.45) is 0. The van der Waals surface area contributed by atoms with E-state index in [1.807, 2.05) is 60.7 Å². The highest BCUT2D eigenvalue weighted by molar-refractivity contribution is 7.25. The first-order chi connectivity index (χ1) is 29.2. The van der Waals surface area contributed by atoms with Gasteiger partial charge in [-0.1, -0.05) is 139 Å². The van der Waals surface area contributed by atoms with Gasteiger partial charge >= 0.3 is 0 Å². The van der Waals surface area contributed by atoms with Crippen molar-refractivity contribution in [3.63, 3.8) is 0 Å². The topological polar surface area (TPSA) is 3.24 Å². The second-order valence-corrected chi connectivity index (χ2v) is 14.6. The van der Waals surface area contributed by atoms with Crippen LogP contribution in [0, 0.1) is 0 Å². The highest BCUT2D eigenvalue weighted by Gasteiger charge is 2.46. The summed E-state index contributed by atoms with van der Waals surface area (Å²) in [4.78, 5) is 2.24. The number of rotatable bonds is 5. The van der Waals surface area contributed by atoms with E-state index in [4.69, 9.17) is 5.48 Å². The molecule has 1 aliphatic rings. The zero-order chi connectivity index (χ0) is 41.0. The van der Waals surface area contributed by atoms with Gasteiger partial charge in [-0.05, 0) is 116 Å². The summed E-state index contributed by atoms with van der Waals surface area (Å²) in [5.41, 5.74) is 6.01. The second-order valence-electron chi connectivity index (χ2n) is 13.5. The van der Waals surface area contributed by atoms with Gasteiger partial charge in [0.1, 0.15) is 0 Å². The molecule has 2 heteroatoms. The van der Waals surface area contributed by atoms with Gasteiger partial charge in [0.15, 0.2) is 0 Å². The molecule has 0 saturated carbocycles. The lowest BCUT2D eigenvalue weighted by Crippen LogP contribution is -2.28. The molecule has 1 aromatic heterocycles. The standard InChI is InChI=1S/C51H33NS/c1-2-16-40(17-3-1)52(41-26-23-35-13-5-7-15-37(35)31-41)42-27-28-48-45(33-42)43-18-8-10-20-47(43)51(48,38-24-22-34-12-4-6-14-36(34)30-38)39-25-29-50-46(32-39)44-19-9-11-21-49(44)53-50/h1-33H/i4D,6D,12D,14D,22D,24D,30D. The van der Waals surface area contributed by atoms with E-state index in [-0.39, 0.29) is 34.5 Å². The maximum absolute atomic E-state index is 10.0. The highest BCUT2D eigenvalue weighted by atomic mass is 32.1. The fourth-order valence-electron chi connectivity index (χ4n) is 8.40. The Morgan fingerprint density at radius 1 is 0.434 bits per heavy atom. The predicted octanol–water partition coefficient (Wildman–Crippen LogP) is 14.2. The molecule has 0 spiro atoms. The Balaban J connectivity index is 1.26. The van der Waals surface area contributed by atoms with Gasteiger partial charge < -0.3 is 4.90 Å². The number of hydrogen-bond donors (Lipinski definition) is 0. The Morgan fingerprint density at radius 3 is 2.08 bits per heavy atom. The lowest BCUT2D eigenvalue weighted by molar-refractivity contribution is 0.771. The number of thiophene rings is 1. The van der Waals surface area contributed by atoms with Crippen LogP contribution in [0.1, 0.15) is 31.8 Å². The summed E-state index contributed by atoms with van der Waals surface area (Å²) in [5, 5.41) is 4.20. The van der Waals surface area contributed by atoms with Crippen LogP contribution in [-0.4, -0.2) is 0 Å². The van der Waals surface area contributed by atoms with E-state index in [1.54, 1.807) is 11.3 Å². The third kappa shape index (κ3) is 4.56. The predicted molar refractivity (Wildman–Crippen MR) is 226 cm³/mol. The van der Waals surface area contributed by atoms with Crippen LogP contribution in [0.3, 0.4) is 0 Å². The third-order valence-corrected chi connectivity index (χ3v) is 11.9. The molecule has 0 radical (unpaired) electrons. The van der Waals surface area contributed by atoms with E-state index in [0.717, 1.165) is 75.8 Å². The number of benzene rings is 9. The first-order valence-electron chi connectivity index (χ1n) is 21.2. The maximum atomic E-state index is 10.0. The Morgan fingerprint density at radius 2 is 1.15 bits per heavy atom. The minimum atomic E-state index is -1.32. The van der Waals surface area contributed by atoms with Crippen molar-refractivity contribution in [1.82, 2.24) is 0 Å². The van der Waals surface area contributed by atoms with Crippen LogP contribution in [0.15, 0.2) is 200 Å². The van der Waals surface area contributed by atoms with Crippen molar-refractivity contribution in [3.8, 4) is 11.1 Å². The van der Waals surface area contributed by atoms with Gasteiger partial charge in [-0.3, -0.25) is 0 Å². The molecule has 0 amide bonds. The van der Waals surface area contributed by atoms with E-state index in [9.17, 15) is 4.11 Å². The normalized spacial score (nSPS) is 16.7. The van der Waals surface area contributed by atoms with E-state index >= 15 is 0 Å². The molecule has 0 bridgehead atoms. The largest absolute Gasteiger partial charge is 0.310 e. The number of hydrogen-bond acceptors (Lipinski definition) is 2. The van der Waals surface area contributed by atoms with Gasteiger partial charge in [0.25, 0.3) is 0 Å². The minimum Gasteiger partial charge on any atom is -0.310 e. The lowest BCUT2D eigenvalue weighted by Gasteiger charge is -2.34. The lowest BCUT2D eigenvalue weighted by atomic mass is 9.67. The molecule has 0 aliphatic heterocycles. The number of fused-ring (bicyclic) bond motifs is 8. The molecule has 0 fully saturated rings. The van der Waals surface area contributed by atoms with Crippen molar-refractivity contribution < 1.29 is 9.60 Å². The fraction of sp³-hybridized carbons (Fsp3) is 0.0196. The molecule has 248 valence electrons. The molecule has 1 nitrogen and oxygen atoms in total. The van der Waals surface area contributed by atoms with E-state index in [1.165, 1.54) is 0 Å². The van der Waals surface area contributed by atoms with Crippen LogP contribution >= 0.6 is 11.3 Å². The summed E-state index contributed by atoms with van der Waals surface area (Å²) in [6, 6.07) is 51.5. The SMILES string of the molecule is [2H]c1c([2H])c([2H])c2c([2H])c(C3(c4ccc5sc6ccccc6c5c4)c4ccccc4-c4cc(N(c5ccccc5)c5ccc6ccccc6c5)ccc43)c([2H])c([2H])c2c1[2H]. The van der Waals surface area contributed by atoms with E-state index < -0.39 is 29.6 Å². The summed E-state index contributed by atoms with van der Waals surface area (Å²) in [7, 11) is 0. The molecular formula is C51H33NS. The quantitative estimate of drug-likeness (QED) is 0.173. The van der Waals surface area contributed by atoms with Crippen LogP contribution in [0.2, 0.25) is 0 Å². The van der Waals surface area contributed by atoms with Crippen molar-refractivity contribution in [2.24, 2.45) is 0 Å². The second kappa shape index (κ2) is 11.8. The Labute approximate surface area is 322 Å².